The zero-order valence-corrected chi connectivity index (χ0v) is 10.5. The van der Waals surface area contributed by atoms with Gasteiger partial charge in [-0.05, 0) is 27.7 Å². The van der Waals surface area contributed by atoms with Crippen LogP contribution in [0, 0.1) is 0 Å². The molecule has 0 amide bonds. The van der Waals surface area contributed by atoms with Crippen molar-refractivity contribution in [2.45, 2.75) is 57.9 Å². The van der Waals surface area contributed by atoms with Crippen LogP contribution in [0.1, 0.15) is 27.7 Å². The van der Waals surface area contributed by atoms with Crippen LogP contribution in [0.5, 0.6) is 0 Å². The van der Waals surface area contributed by atoms with Gasteiger partial charge in [0.1, 0.15) is 12.2 Å². The lowest BCUT2D eigenvalue weighted by Crippen LogP contribution is -2.45. The molecule has 1 heterocycles. The molecule has 1 saturated heterocycles. The lowest BCUT2D eigenvalue weighted by Gasteiger charge is -2.23. The maximum absolute atomic E-state index is 11.7. The Kier molecular flexibility index (Phi) is 4.48. The summed E-state index contributed by atoms with van der Waals surface area (Å²) in [6.07, 6.45) is -4.17. The molecule has 100 valence electrons. The van der Waals surface area contributed by atoms with E-state index in [4.69, 9.17) is 14.2 Å². The monoisotopic (exact) mass is 248 g/mol. The van der Waals surface area contributed by atoms with Crippen molar-refractivity contribution in [2.75, 3.05) is 6.61 Å². The SMILES string of the molecule is CCOC(=O)[C@H]1OC(C)(C)O[C@@H]1[C@@H](O)[C@H](C)O. The lowest BCUT2D eigenvalue weighted by atomic mass is 10.0. The van der Waals surface area contributed by atoms with Crippen molar-refractivity contribution in [3.63, 3.8) is 0 Å². The highest BCUT2D eigenvalue weighted by atomic mass is 16.8. The van der Waals surface area contributed by atoms with Gasteiger partial charge >= 0.3 is 5.97 Å². The Labute approximate surface area is 100 Å². The molecule has 0 spiro atoms. The van der Waals surface area contributed by atoms with E-state index < -0.39 is 36.2 Å². The highest BCUT2D eigenvalue weighted by Crippen LogP contribution is 2.31. The van der Waals surface area contributed by atoms with Crippen LogP contribution >= 0.6 is 0 Å². The topological polar surface area (TPSA) is 85.2 Å². The van der Waals surface area contributed by atoms with Gasteiger partial charge in [0, 0.05) is 0 Å². The minimum Gasteiger partial charge on any atom is -0.464 e. The summed E-state index contributed by atoms with van der Waals surface area (Å²) in [7, 11) is 0. The van der Waals surface area contributed by atoms with Gasteiger partial charge in [0.25, 0.3) is 0 Å². The quantitative estimate of drug-likeness (QED) is 0.671. The first-order valence-corrected chi connectivity index (χ1v) is 5.67. The van der Waals surface area contributed by atoms with Crippen molar-refractivity contribution in [2.24, 2.45) is 0 Å². The first kappa shape index (κ1) is 14.4. The molecule has 1 rings (SSSR count). The molecule has 0 bridgehead atoms. The molecule has 0 aliphatic carbocycles. The largest absolute Gasteiger partial charge is 0.464 e. The fourth-order valence-electron chi connectivity index (χ4n) is 1.72. The van der Waals surface area contributed by atoms with E-state index in [1.807, 2.05) is 0 Å². The molecule has 17 heavy (non-hydrogen) atoms. The second-order valence-electron chi connectivity index (χ2n) is 4.50. The van der Waals surface area contributed by atoms with Gasteiger partial charge in [0.05, 0.1) is 12.7 Å². The van der Waals surface area contributed by atoms with E-state index in [1.54, 1.807) is 20.8 Å². The second-order valence-corrected chi connectivity index (χ2v) is 4.50. The average molecular weight is 248 g/mol. The van der Waals surface area contributed by atoms with Crippen LogP contribution in [0.4, 0.5) is 0 Å². The molecule has 0 aromatic rings. The summed E-state index contributed by atoms with van der Waals surface area (Å²) in [5.74, 6) is -1.58. The van der Waals surface area contributed by atoms with Crippen molar-refractivity contribution < 1.29 is 29.2 Å². The highest BCUT2D eigenvalue weighted by Gasteiger charge is 2.50. The first-order valence-electron chi connectivity index (χ1n) is 5.67. The summed E-state index contributed by atoms with van der Waals surface area (Å²) in [5, 5.41) is 19.1. The molecule has 1 fully saturated rings. The number of aliphatic hydroxyl groups is 2. The van der Waals surface area contributed by atoms with Gasteiger partial charge in [-0.2, -0.15) is 0 Å². The van der Waals surface area contributed by atoms with Gasteiger partial charge < -0.3 is 24.4 Å². The number of hydrogen-bond donors (Lipinski definition) is 2. The van der Waals surface area contributed by atoms with Crippen LogP contribution < -0.4 is 0 Å². The third-order valence-electron chi connectivity index (χ3n) is 2.48. The van der Waals surface area contributed by atoms with Crippen LogP contribution in [-0.4, -0.2) is 53.0 Å². The summed E-state index contributed by atoms with van der Waals surface area (Å²) in [6, 6.07) is 0. The molecule has 1 aliphatic heterocycles. The first-order chi connectivity index (χ1) is 7.78. The second kappa shape index (κ2) is 5.30. The molecule has 0 aromatic carbocycles. The molecule has 2 N–H and O–H groups in total. The lowest BCUT2D eigenvalue weighted by molar-refractivity contribution is -0.171. The smallest absolute Gasteiger partial charge is 0.338 e. The number of aliphatic hydroxyl groups excluding tert-OH is 2. The van der Waals surface area contributed by atoms with Gasteiger partial charge in [-0.15, -0.1) is 0 Å². The number of carbonyl (C=O) groups excluding carboxylic acids is 1. The minimum atomic E-state index is -1.20. The van der Waals surface area contributed by atoms with Crippen LogP contribution in [0.2, 0.25) is 0 Å². The standard InChI is InChI=1S/C11H20O6/c1-5-15-10(14)9-8(7(13)6(2)12)16-11(3,4)17-9/h6-9,12-13H,5H2,1-4H3/t6-,7-,8+,9-/m0/s1. The van der Waals surface area contributed by atoms with E-state index in [0.717, 1.165) is 0 Å². The average Bonchev–Trinajstić information content (AvgIpc) is 2.53. The fourth-order valence-corrected chi connectivity index (χ4v) is 1.72. The van der Waals surface area contributed by atoms with Crippen molar-refractivity contribution in [1.29, 1.82) is 0 Å². The Morgan fingerprint density at radius 1 is 1.41 bits per heavy atom. The van der Waals surface area contributed by atoms with Gasteiger partial charge in [-0.25, -0.2) is 4.79 Å². The number of ether oxygens (including phenoxy) is 3. The molecule has 0 saturated carbocycles. The molecule has 0 aromatic heterocycles. The number of hydrogen-bond acceptors (Lipinski definition) is 6. The zero-order chi connectivity index (χ0) is 13.2. The molecular formula is C11H20O6. The Balaban J connectivity index is 2.81. The van der Waals surface area contributed by atoms with Crippen molar-refractivity contribution in [3.05, 3.63) is 0 Å². The Bertz CT molecular complexity index is 275. The predicted molar refractivity (Wildman–Crippen MR) is 58.1 cm³/mol. The molecule has 0 radical (unpaired) electrons. The van der Waals surface area contributed by atoms with Crippen LogP contribution in [0.25, 0.3) is 0 Å². The molecule has 0 unspecified atom stereocenters. The number of carbonyl (C=O) groups is 1. The van der Waals surface area contributed by atoms with Gasteiger partial charge in [-0.3, -0.25) is 0 Å². The maximum atomic E-state index is 11.7. The van der Waals surface area contributed by atoms with Gasteiger partial charge in [-0.1, -0.05) is 0 Å². The van der Waals surface area contributed by atoms with E-state index in [-0.39, 0.29) is 6.61 Å². The molecular weight excluding hydrogens is 228 g/mol. The Hall–Kier alpha value is -0.690. The van der Waals surface area contributed by atoms with Crippen molar-refractivity contribution in [1.82, 2.24) is 0 Å². The summed E-state index contributed by atoms with van der Waals surface area (Å²) in [4.78, 5) is 11.7. The summed E-state index contributed by atoms with van der Waals surface area (Å²) in [6.45, 7) is 6.58. The third-order valence-corrected chi connectivity index (χ3v) is 2.48. The van der Waals surface area contributed by atoms with Crippen LogP contribution in [0.3, 0.4) is 0 Å². The van der Waals surface area contributed by atoms with Crippen molar-refractivity contribution in [3.8, 4) is 0 Å². The normalized spacial score (nSPS) is 30.9. The molecule has 6 nitrogen and oxygen atoms in total. The van der Waals surface area contributed by atoms with Crippen molar-refractivity contribution >= 4 is 5.97 Å². The molecule has 1 aliphatic rings. The van der Waals surface area contributed by atoms with E-state index in [2.05, 4.69) is 0 Å². The van der Waals surface area contributed by atoms with E-state index in [1.165, 1.54) is 6.92 Å². The van der Waals surface area contributed by atoms with E-state index >= 15 is 0 Å². The van der Waals surface area contributed by atoms with Crippen LogP contribution in [-0.2, 0) is 19.0 Å². The highest BCUT2D eigenvalue weighted by molar-refractivity contribution is 5.76. The van der Waals surface area contributed by atoms with Crippen LogP contribution in [0.15, 0.2) is 0 Å². The van der Waals surface area contributed by atoms with Gasteiger partial charge in [0.15, 0.2) is 11.9 Å². The summed E-state index contributed by atoms with van der Waals surface area (Å²) < 4.78 is 15.6. The minimum absolute atomic E-state index is 0.219. The fraction of sp³-hybridized carbons (Fsp3) is 0.909. The number of rotatable bonds is 4. The third kappa shape index (κ3) is 3.38. The Morgan fingerprint density at radius 2 is 2.00 bits per heavy atom. The summed E-state index contributed by atoms with van der Waals surface area (Å²) in [5.41, 5.74) is 0. The van der Waals surface area contributed by atoms with E-state index in [0.29, 0.717) is 0 Å². The Morgan fingerprint density at radius 3 is 2.47 bits per heavy atom. The van der Waals surface area contributed by atoms with E-state index in [9.17, 15) is 15.0 Å². The summed E-state index contributed by atoms with van der Waals surface area (Å²) >= 11 is 0. The zero-order valence-electron chi connectivity index (χ0n) is 10.5. The predicted octanol–water partition coefficient (Wildman–Crippen LogP) is -0.189. The number of esters is 1. The molecule has 4 atom stereocenters. The van der Waals surface area contributed by atoms with Gasteiger partial charge in [0.2, 0.25) is 0 Å². The maximum Gasteiger partial charge on any atom is 0.338 e. The molecule has 6 heteroatoms.